The van der Waals surface area contributed by atoms with Crippen LogP contribution in [0.1, 0.15) is 39.7 Å². The molecule has 2 aromatic rings. The largest absolute Gasteiger partial charge is 0.444 e. The smallest absolute Gasteiger partial charge is 0.410 e. The van der Waals surface area contributed by atoms with E-state index in [1.807, 2.05) is 18.2 Å². The van der Waals surface area contributed by atoms with Gasteiger partial charge in [-0.2, -0.15) is 8.78 Å². The van der Waals surface area contributed by atoms with Crippen molar-refractivity contribution in [3.05, 3.63) is 40.5 Å². The Morgan fingerprint density at radius 1 is 1.05 bits per heavy atom. The number of para-hydroxylation sites is 1. The van der Waals surface area contributed by atoms with Gasteiger partial charge in [-0.15, -0.1) is 0 Å². The van der Waals surface area contributed by atoms with Crippen LogP contribution in [-0.2, 0) is 21.4 Å². The van der Waals surface area contributed by atoms with Crippen LogP contribution in [-0.4, -0.2) is 112 Å². The zero-order chi connectivity index (χ0) is 31.6. The maximum absolute atomic E-state index is 15.1. The summed E-state index contributed by atoms with van der Waals surface area (Å²) < 4.78 is 38.5. The molecule has 1 aromatic carbocycles. The van der Waals surface area contributed by atoms with Crippen molar-refractivity contribution in [2.45, 2.75) is 57.2 Å². The lowest BCUT2D eigenvalue weighted by Crippen LogP contribution is -2.64. The van der Waals surface area contributed by atoms with Crippen LogP contribution in [0.5, 0.6) is 0 Å². The van der Waals surface area contributed by atoms with Crippen LogP contribution in [0.15, 0.2) is 34.8 Å². The Bertz CT molecular complexity index is 1580. The van der Waals surface area contributed by atoms with E-state index >= 15 is 8.78 Å². The van der Waals surface area contributed by atoms with Gasteiger partial charge in [-0.3, -0.25) is 33.8 Å². The Hall–Kier alpha value is -3.94. The molecule has 0 spiro atoms. The zero-order valence-electron chi connectivity index (χ0n) is 25.5. The summed E-state index contributed by atoms with van der Waals surface area (Å²) in [6.45, 7) is 8.34. The molecular weight excluding hydrogens is 576 g/mol. The number of piperidine rings is 1. The van der Waals surface area contributed by atoms with Crippen LogP contribution in [0.3, 0.4) is 0 Å². The van der Waals surface area contributed by atoms with Gasteiger partial charge in [0.15, 0.2) is 0 Å². The number of benzene rings is 1. The second-order valence-electron chi connectivity index (χ2n) is 13.1. The maximum atomic E-state index is 15.1. The fourth-order valence-corrected chi connectivity index (χ4v) is 6.67. The summed E-state index contributed by atoms with van der Waals surface area (Å²) in [4.78, 5) is 57.2. The number of piperazine rings is 1. The number of ether oxygens (including phenoxy) is 1. The van der Waals surface area contributed by atoms with Gasteiger partial charge in [0, 0.05) is 65.3 Å². The van der Waals surface area contributed by atoms with Gasteiger partial charge >= 0.3 is 17.7 Å². The molecule has 0 aliphatic carbocycles. The van der Waals surface area contributed by atoms with Crippen molar-refractivity contribution >= 4 is 34.6 Å². The lowest BCUT2D eigenvalue weighted by Gasteiger charge is -2.51. The van der Waals surface area contributed by atoms with Crippen LogP contribution in [0, 0.1) is 0 Å². The van der Waals surface area contributed by atoms with Crippen molar-refractivity contribution in [1.29, 1.82) is 0 Å². The van der Waals surface area contributed by atoms with E-state index in [2.05, 4.69) is 15.1 Å². The minimum Gasteiger partial charge on any atom is -0.444 e. The highest BCUT2D eigenvalue weighted by Crippen LogP contribution is 2.36. The van der Waals surface area contributed by atoms with E-state index in [4.69, 9.17) is 4.74 Å². The van der Waals surface area contributed by atoms with E-state index in [1.165, 1.54) is 10.6 Å². The molecule has 44 heavy (non-hydrogen) atoms. The van der Waals surface area contributed by atoms with E-state index < -0.39 is 36.1 Å². The van der Waals surface area contributed by atoms with Crippen LogP contribution >= 0.6 is 0 Å². The van der Waals surface area contributed by atoms with Crippen molar-refractivity contribution in [1.82, 2.24) is 29.2 Å². The molecule has 4 aliphatic rings. The number of aromatic nitrogens is 2. The first-order valence-corrected chi connectivity index (χ1v) is 15.1. The van der Waals surface area contributed by atoms with Gasteiger partial charge in [-0.05, 0) is 45.4 Å². The molecule has 3 amide bonds. The first-order chi connectivity index (χ1) is 20.7. The molecule has 1 aromatic heterocycles. The summed E-state index contributed by atoms with van der Waals surface area (Å²) in [7, 11) is 1.69. The third kappa shape index (κ3) is 5.44. The number of hydrogen-bond donors (Lipinski definition) is 1. The highest BCUT2D eigenvalue weighted by Gasteiger charge is 2.48. The monoisotopic (exact) mass is 615 g/mol. The Morgan fingerprint density at radius 2 is 1.75 bits per heavy atom. The Kier molecular flexibility index (Phi) is 7.45. The number of nitrogens with one attached hydrogen (secondary N) is 1. The summed E-state index contributed by atoms with van der Waals surface area (Å²) >= 11 is 0. The van der Waals surface area contributed by atoms with Gasteiger partial charge in [0.05, 0.1) is 29.0 Å². The molecule has 14 heteroatoms. The van der Waals surface area contributed by atoms with Crippen molar-refractivity contribution in [3.8, 4) is 0 Å². The fourth-order valence-electron chi connectivity index (χ4n) is 6.67. The lowest BCUT2D eigenvalue weighted by atomic mass is 10.0. The first-order valence-electron chi connectivity index (χ1n) is 15.1. The second-order valence-corrected chi connectivity index (χ2v) is 13.1. The molecule has 6 rings (SSSR count). The van der Waals surface area contributed by atoms with Gasteiger partial charge in [-0.25, -0.2) is 9.59 Å². The second kappa shape index (κ2) is 10.9. The number of imide groups is 1. The number of alkyl halides is 2. The van der Waals surface area contributed by atoms with E-state index in [1.54, 1.807) is 37.3 Å². The normalized spacial score (nSPS) is 23.5. The highest BCUT2D eigenvalue weighted by molar-refractivity contribution is 6.00. The van der Waals surface area contributed by atoms with Crippen molar-refractivity contribution < 1.29 is 27.9 Å². The number of imidazole rings is 1. The third-order valence-electron chi connectivity index (χ3n) is 8.90. The van der Waals surface area contributed by atoms with Crippen LogP contribution in [0.2, 0.25) is 0 Å². The molecule has 12 nitrogen and oxygen atoms in total. The van der Waals surface area contributed by atoms with Crippen molar-refractivity contribution in [2.24, 2.45) is 7.05 Å². The molecule has 238 valence electrons. The fraction of sp³-hybridized carbons (Fsp3) is 0.600. The number of fused-ring (bicyclic) bond motifs is 1. The highest BCUT2D eigenvalue weighted by atomic mass is 19.3. The summed E-state index contributed by atoms with van der Waals surface area (Å²) in [6, 6.07) is 5.06. The molecule has 1 N–H and O–H groups in total. The molecule has 0 radical (unpaired) electrons. The summed E-state index contributed by atoms with van der Waals surface area (Å²) in [5.41, 5.74) is 1.18. The number of rotatable bonds is 4. The van der Waals surface area contributed by atoms with Crippen LogP contribution < -0.4 is 15.9 Å². The molecular formula is C30H39F2N7O5. The Balaban J connectivity index is 1.09. The number of carbonyl (C=O) groups is 3. The van der Waals surface area contributed by atoms with Crippen LogP contribution in [0.25, 0.3) is 11.0 Å². The average molecular weight is 616 g/mol. The third-order valence-corrected chi connectivity index (χ3v) is 8.90. The minimum atomic E-state index is -3.16. The number of hydrogen-bond acceptors (Lipinski definition) is 8. The quantitative estimate of drug-likeness (QED) is 0.520. The number of aryl methyl sites for hydroxylation is 1. The molecule has 0 bridgehead atoms. The van der Waals surface area contributed by atoms with Crippen LogP contribution in [0.4, 0.5) is 19.3 Å². The molecule has 0 saturated carbocycles. The molecule has 5 heterocycles. The number of halogens is 2. The average Bonchev–Trinajstić information content (AvgIpc) is 3.17. The Labute approximate surface area is 253 Å². The number of likely N-dealkylation sites (tertiary alicyclic amines) is 1. The van der Waals surface area contributed by atoms with E-state index in [0.717, 1.165) is 29.2 Å². The predicted octanol–water partition coefficient (Wildman–Crippen LogP) is 1.89. The number of nitrogens with zero attached hydrogens (tertiary/aromatic N) is 6. The Morgan fingerprint density at radius 3 is 2.39 bits per heavy atom. The zero-order valence-corrected chi connectivity index (χ0v) is 25.5. The van der Waals surface area contributed by atoms with Crippen molar-refractivity contribution in [3.63, 3.8) is 0 Å². The van der Waals surface area contributed by atoms with E-state index in [0.29, 0.717) is 31.7 Å². The summed E-state index contributed by atoms with van der Waals surface area (Å²) in [5.74, 6) is -3.95. The lowest BCUT2D eigenvalue weighted by molar-refractivity contribution is -0.135. The standard InChI is InChI=1S/C30H39F2N7O5/c1-29(2,3)44-28(43)37-11-10-23(30(31,32)18-37)38-16-19(17-38)35-12-14-36(15-13-35)20-6-5-7-21-25(20)34(4)27(42)39(21)22-8-9-24(40)33-26(22)41/h5-7,10,19,22H,8-9,11-18H2,1-4H3,(H,33,40,41). The maximum Gasteiger partial charge on any atom is 0.410 e. The SMILES string of the molecule is Cn1c(=O)n(C2CCC(=O)NC2=O)c2cccc(N3CCN(C4CN(C5=CCN(C(=O)OC(C)(C)C)CC5(F)F)C4)CC3)c21. The van der Waals surface area contributed by atoms with Gasteiger partial charge in [0.1, 0.15) is 11.6 Å². The predicted molar refractivity (Wildman–Crippen MR) is 159 cm³/mol. The number of anilines is 1. The first kappa shape index (κ1) is 30.1. The molecule has 4 aliphatic heterocycles. The molecule has 3 saturated heterocycles. The molecule has 3 fully saturated rings. The number of amides is 3. The summed E-state index contributed by atoms with van der Waals surface area (Å²) in [6.07, 6.45) is 1.15. The van der Waals surface area contributed by atoms with Gasteiger partial charge in [0.25, 0.3) is 0 Å². The van der Waals surface area contributed by atoms with Gasteiger partial charge < -0.3 is 14.5 Å². The minimum absolute atomic E-state index is 0.0275. The number of carbonyl (C=O) groups excluding carboxylic acids is 3. The molecule has 1 unspecified atom stereocenters. The topological polar surface area (TPSA) is 112 Å². The van der Waals surface area contributed by atoms with E-state index in [-0.39, 0.29) is 42.7 Å². The van der Waals surface area contributed by atoms with Crippen molar-refractivity contribution in [2.75, 3.05) is 57.3 Å². The molecule has 1 atom stereocenters. The van der Waals surface area contributed by atoms with Gasteiger partial charge in [0.2, 0.25) is 11.8 Å². The van der Waals surface area contributed by atoms with Gasteiger partial charge in [-0.1, -0.05) is 6.07 Å². The van der Waals surface area contributed by atoms with E-state index in [9.17, 15) is 19.2 Å². The summed E-state index contributed by atoms with van der Waals surface area (Å²) in [5, 5.41) is 2.34.